The maximum Gasteiger partial charge on any atom is 0.317 e. The number of hydrogen-bond acceptors (Lipinski definition) is 6. The smallest absolute Gasteiger partial charge is 0.317 e. The third-order valence-electron chi connectivity index (χ3n) is 10.1. The number of phenols is 1. The van der Waals surface area contributed by atoms with Gasteiger partial charge in [-0.25, -0.2) is 8.78 Å². The second-order valence-electron chi connectivity index (χ2n) is 12.7. The molecule has 2 saturated heterocycles. The molecule has 4 heterocycles. The predicted octanol–water partition coefficient (Wildman–Crippen LogP) is 7.69. The van der Waals surface area contributed by atoms with Crippen LogP contribution in [0.3, 0.4) is 0 Å². The average Bonchev–Trinajstić information content (AvgIpc) is 3.57. The molecule has 2 aliphatic heterocycles. The van der Waals surface area contributed by atoms with E-state index < -0.39 is 5.82 Å². The van der Waals surface area contributed by atoms with Gasteiger partial charge in [0.15, 0.2) is 5.82 Å². The van der Waals surface area contributed by atoms with E-state index in [0.717, 1.165) is 63.7 Å². The largest absolute Gasteiger partial charge is 0.508 e. The van der Waals surface area contributed by atoms with Crippen molar-refractivity contribution in [2.45, 2.75) is 83.1 Å². The molecule has 2 aromatic heterocycles. The number of halogens is 2. The molecule has 0 amide bonds. The van der Waals surface area contributed by atoms with Gasteiger partial charge in [-0.15, -0.1) is 0 Å². The number of aromatic hydroxyl groups is 1. The molecule has 1 saturated carbocycles. The van der Waals surface area contributed by atoms with Gasteiger partial charge in [-0.1, -0.05) is 32.8 Å². The zero-order chi connectivity index (χ0) is 29.0. The molecule has 220 valence electrons. The molecule has 2 aromatic carbocycles. The van der Waals surface area contributed by atoms with Gasteiger partial charge in [0.1, 0.15) is 29.4 Å². The molecule has 4 aromatic rings. The lowest BCUT2D eigenvalue weighted by atomic mass is 9.80. The molecule has 42 heavy (non-hydrogen) atoms. The Morgan fingerprint density at radius 1 is 1.07 bits per heavy atom. The van der Waals surface area contributed by atoms with E-state index in [9.17, 15) is 9.50 Å². The Balaban J connectivity index is 1.38. The summed E-state index contributed by atoms with van der Waals surface area (Å²) in [4.78, 5) is 16.7. The zero-order valence-corrected chi connectivity index (χ0v) is 24.4. The Bertz CT molecular complexity index is 1670. The molecule has 2 unspecified atom stereocenters. The molecule has 8 heteroatoms. The lowest BCUT2D eigenvalue weighted by Gasteiger charge is -2.31. The first-order chi connectivity index (χ1) is 20.4. The molecule has 0 bridgehead atoms. The minimum atomic E-state index is -0.607. The number of aromatic nitrogens is 3. The van der Waals surface area contributed by atoms with Crippen LogP contribution in [0.25, 0.3) is 32.9 Å². The van der Waals surface area contributed by atoms with E-state index >= 15 is 4.39 Å². The van der Waals surface area contributed by atoms with Crippen molar-refractivity contribution in [3.63, 3.8) is 0 Å². The fourth-order valence-electron chi connectivity index (χ4n) is 8.00. The van der Waals surface area contributed by atoms with Gasteiger partial charge in [-0.2, -0.15) is 9.97 Å². The molecule has 6 nitrogen and oxygen atoms in total. The first-order valence-electron chi connectivity index (χ1n) is 15.6. The Morgan fingerprint density at radius 3 is 2.64 bits per heavy atom. The van der Waals surface area contributed by atoms with Crippen molar-refractivity contribution < 1.29 is 18.6 Å². The minimum Gasteiger partial charge on any atom is -0.508 e. The van der Waals surface area contributed by atoms with Crippen LogP contribution in [-0.4, -0.2) is 50.2 Å². The number of fused-ring (bicyclic) bond motifs is 3. The number of benzene rings is 2. The van der Waals surface area contributed by atoms with Crippen LogP contribution in [0.4, 0.5) is 8.78 Å². The minimum absolute atomic E-state index is 0.0148. The van der Waals surface area contributed by atoms with E-state index in [1.54, 1.807) is 18.3 Å². The summed E-state index contributed by atoms with van der Waals surface area (Å²) in [5, 5.41) is 12.3. The van der Waals surface area contributed by atoms with Crippen molar-refractivity contribution in [3.05, 3.63) is 53.4 Å². The van der Waals surface area contributed by atoms with Crippen molar-refractivity contribution in [1.29, 1.82) is 0 Å². The van der Waals surface area contributed by atoms with E-state index in [-0.39, 0.29) is 40.2 Å². The summed E-state index contributed by atoms with van der Waals surface area (Å²) in [7, 11) is 0. The van der Waals surface area contributed by atoms with Crippen molar-refractivity contribution in [2.24, 2.45) is 5.92 Å². The maximum atomic E-state index is 16.7. The van der Waals surface area contributed by atoms with Crippen LogP contribution >= 0.6 is 0 Å². The summed E-state index contributed by atoms with van der Waals surface area (Å²) < 4.78 is 38.0. The van der Waals surface area contributed by atoms with E-state index in [4.69, 9.17) is 9.72 Å². The monoisotopic (exact) mass is 572 g/mol. The van der Waals surface area contributed by atoms with Crippen LogP contribution in [0.5, 0.6) is 11.8 Å². The molecule has 2 atom stereocenters. The average molecular weight is 573 g/mol. The summed E-state index contributed by atoms with van der Waals surface area (Å²) in [5.41, 5.74) is 1.82. The summed E-state index contributed by atoms with van der Waals surface area (Å²) in [5.74, 6) is -0.279. The maximum absolute atomic E-state index is 16.7. The summed E-state index contributed by atoms with van der Waals surface area (Å²) in [6, 6.07) is 6.24. The normalized spacial score (nSPS) is 22.2. The van der Waals surface area contributed by atoms with Gasteiger partial charge in [0.05, 0.1) is 11.2 Å². The number of aryl methyl sites for hydroxylation is 1. The number of nitrogens with zero attached hydrogens (tertiary/aromatic N) is 4. The Kier molecular flexibility index (Phi) is 7.00. The van der Waals surface area contributed by atoms with Gasteiger partial charge >= 0.3 is 6.01 Å². The number of hydrogen-bond donors (Lipinski definition) is 1. The van der Waals surface area contributed by atoms with E-state index in [1.807, 2.05) is 6.92 Å². The Hall–Kier alpha value is -3.39. The van der Waals surface area contributed by atoms with Crippen LogP contribution in [0.2, 0.25) is 0 Å². The third-order valence-corrected chi connectivity index (χ3v) is 10.1. The summed E-state index contributed by atoms with van der Waals surface area (Å²) in [6.07, 6.45) is 10.8. The van der Waals surface area contributed by atoms with E-state index in [1.165, 1.54) is 18.6 Å². The molecule has 0 radical (unpaired) electrons. The van der Waals surface area contributed by atoms with Gasteiger partial charge < -0.3 is 9.84 Å². The number of pyridine rings is 1. The molecule has 7 rings (SSSR count). The topological polar surface area (TPSA) is 71.4 Å². The van der Waals surface area contributed by atoms with Crippen molar-refractivity contribution in [2.75, 3.05) is 19.7 Å². The van der Waals surface area contributed by atoms with Crippen LogP contribution in [0.15, 0.2) is 30.5 Å². The van der Waals surface area contributed by atoms with Crippen LogP contribution in [-0.2, 0) is 6.42 Å². The third kappa shape index (κ3) is 4.59. The molecule has 0 spiro atoms. The lowest BCUT2D eigenvalue weighted by molar-refractivity contribution is 0.107. The molecule has 3 aliphatic rings. The highest BCUT2D eigenvalue weighted by Crippen LogP contribution is 2.43. The van der Waals surface area contributed by atoms with Crippen molar-refractivity contribution in [1.82, 2.24) is 19.9 Å². The summed E-state index contributed by atoms with van der Waals surface area (Å²) in [6.45, 7) is 6.80. The first-order valence-corrected chi connectivity index (χ1v) is 15.6. The van der Waals surface area contributed by atoms with Crippen LogP contribution < -0.4 is 4.74 Å². The zero-order valence-electron chi connectivity index (χ0n) is 24.4. The predicted molar refractivity (Wildman–Crippen MR) is 160 cm³/mol. The highest BCUT2D eigenvalue weighted by atomic mass is 19.1. The molecular weight excluding hydrogens is 534 g/mol. The number of phenolic OH excluding ortho intramolecular Hbond substituents is 1. The van der Waals surface area contributed by atoms with Gasteiger partial charge in [-0.3, -0.25) is 9.88 Å². The SMILES string of the molecule is CCc1c(F)ccc2cc(O)cc(-c3ncc4c(C5CCCC(C)C5)nc(OCC56CCCN5CCC6)nc4c3F)c12. The van der Waals surface area contributed by atoms with Crippen LogP contribution in [0.1, 0.15) is 82.4 Å². The fourth-order valence-corrected chi connectivity index (χ4v) is 8.00. The highest BCUT2D eigenvalue weighted by molar-refractivity contribution is 6.01. The standard InChI is InChI=1S/C34H38F2N4O2/c1-3-24-27(35)10-9-21-16-23(41)17-25(28(21)24)31-29(36)32-26(18-37-31)30(22-8-4-7-20(2)15-22)38-33(39-32)42-19-34-11-5-13-40(34)14-6-12-34/h9-10,16-18,20,22,41H,3-8,11-15,19H2,1-2H3. The van der Waals surface area contributed by atoms with Crippen LogP contribution in [0, 0.1) is 17.6 Å². The number of ether oxygens (including phenoxy) is 1. The summed E-state index contributed by atoms with van der Waals surface area (Å²) >= 11 is 0. The first kappa shape index (κ1) is 27.4. The fraction of sp³-hybridized carbons (Fsp3) is 0.500. The molecule has 1 N–H and O–H groups in total. The second-order valence-corrected chi connectivity index (χ2v) is 12.7. The lowest BCUT2D eigenvalue weighted by Crippen LogP contribution is -2.43. The van der Waals surface area contributed by atoms with Gasteiger partial charge in [0.25, 0.3) is 0 Å². The van der Waals surface area contributed by atoms with Gasteiger partial charge in [0.2, 0.25) is 0 Å². The molecular formula is C34H38F2N4O2. The Morgan fingerprint density at radius 2 is 1.88 bits per heavy atom. The van der Waals surface area contributed by atoms with E-state index in [0.29, 0.717) is 46.2 Å². The van der Waals surface area contributed by atoms with Gasteiger partial charge in [-0.05, 0) is 98.5 Å². The van der Waals surface area contributed by atoms with E-state index in [2.05, 4.69) is 21.8 Å². The number of rotatable bonds is 6. The molecule has 3 fully saturated rings. The highest BCUT2D eigenvalue weighted by Gasteiger charge is 2.45. The Labute approximate surface area is 245 Å². The van der Waals surface area contributed by atoms with Crippen molar-refractivity contribution in [3.8, 4) is 23.0 Å². The van der Waals surface area contributed by atoms with Crippen molar-refractivity contribution >= 4 is 21.7 Å². The quantitative estimate of drug-likeness (QED) is 0.255. The van der Waals surface area contributed by atoms with Gasteiger partial charge in [0, 0.05) is 23.1 Å². The second kappa shape index (κ2) is 10.7. The molecule has 1 aliphatic carbocycles.